The van der Waals surface area contributed by atoms with Gasteiger partial charge in [-0.2, -0.15) is 0 Å². The SMILES string of the molecule is C=C(C(=O)O)C1CC/C(=C/C)CO1. The molecule has 3 heteroatoms. The Morgan fingerprint density at radius 1 is 1.77 bits per heavy atom. The zero-order valence-corrected chi connectivity index (χ0v) is 7.75. The molecule has 3 nitrogen and oxygen atoms in total. The third-order valence-electron chi connectivity index (χ3n) is 2.27. The number of rotatable bonds is 2. The third kappa shape index (κ3) is 2.42. The first-order chi connectivity index (χ1) is 6.15. The number of carboxylic acids is 1. The summed E-state index contributed by atoms with van der Waals surface area (Å²) in [6.45, 7) is 5.98. The van der Waals surface area contributed by atoms with Crippen LogP contribution in [0.15, 0.2) is 23.8 Å². The molecule has 1 heterocycles. The highest BCUT2D eigenvalue weighted by Gasteiger charge is 2.22. The molecular formula is C10H14O3. The molecule has 0 aromatic rings. The van der Waals surface area contributed by atoms with Gasteiger partial charge in [-0.05, 0) is 25.3 Å². The van der Waals surface area contributed by atoms with Crippen LogP contribution in [-0.4, -0.2) is 23.8 Å². The summed E-state index contributed by atoms with van der Waals surface area (Å²) in [6.07, 6.45) is 3.35. The highest BCUT2D eigenvalue weighted by molar-refractivity contribution is 5.86. The van der Waals surface area contributed by atoms with E-state index in [0.717, 1.165) is 12.8 Å². The van der Waals surface area contributed by atoms with Crippen molar-refractivity contribution in [2.45, 2.75) is 25.9 Å². The first-order valence-corrected chi connectivity index (χ1v) is 4.33. The van der Waals surface area contributed by atoms with E-state index in [9.17, 15) is 4.79 Å². The van der Waals surface area contributed by atoms with E-state index in [0.29, 0.717) is 6.61 Å². The molecule has 1 N–H and O–H groups in total. The van der Waals surface area contributed by atoms with Gasteiger partial charge in [0.15, 0.2) is 0 Å². The lowest BCUT2D eigenvalue weighted by Crippen LogP contribution is -2.25. The Morgan fingerprint density at radius 3 is 2.85 bits per heavy atom. The van der Waals surface area contributed by atoms with E-state index in [2.05, 4.69) is 6.58 Å². The maximum absolute atomic E-state index is 10.6. The number of carbonyl (C=O) groups is 1. The minimum absolute atomic E-state index is 0.162. The van der Waals surface area contributed by atoms with E-state index in [1.165, 1.54) is 5.57 Å². The molecule has 0 amide bonds. The van der Waals surface area contributed by atoms with E-state index < -0.39 is 5.97 Å². The predicted octanol–water partition coefficient (Wildman–Crippen LogP) is 1.75. The molecule has 1 atom stereocenters. The van der Waals surface area contributed by atoms with Crippen molar-refractivity contribution < 1.29 is 14.6 Å². The number of aliphatic carboxylic acids is 1. The Balaban J connectivity index is 2.50. The number of hydrogen-bond donors (Lipinski definition) is 1. The van der Waals surface area contributed by atoms with Crippen molar-refractivity contribution in [2.75, 3.05) is 6.61 Å². The molecule has 13 heavy (non-hydrogen) atoms. The Morgan fingerprint density at radius 2 is 2.46 bits per heavy atom. The van der Waals surface area contributed by atoms with E-state index in [1.54, 1.807) is 0 Å². The van der Waals surface area contributed by atoms with Gasteiger partial charge < -0.3 is 9.84 Å². The lowest BCUT2D eigenvalue weighted by molar-refractivity contribution is -0.134. The van der Waals surface area contributed by atoms with Crippen LogP contribution >= 0.6 is 0 Å². The molecule has 0 aliphatic carbocycles. The largest absolute Gasteiger partial charge is 0.478 e. The van der Waals surface area contributed by atoms with Crippen LogP contribution in [0.1, 0.15) is 19.8 Å². The summed E-state index contributed by atoms with van der Waals surface area (Å²) in [5, 5.41) is 8.66. The van der Waals surface area contributed by atoms with Crippen LogP contribution in [-0.2, 0) is 9.53 Å². The predicted molar refractivity (Wildman–Crippen MR) is 49.5 cm³/mol. The Bertz CT molecular complexity index is 243. The van der Waals surface area contributed by atoms with Gasteiger partial charge in [0, 0.05) is 0 Å². The van der Waals surface area contributed by atoms with Crippen molar-refractivity contribution in [3.8, 4) is 0 Å². The van der Waals surface area contributed by atoms with Crippen molar-refractivity contribution >= 4 is 5.97 Å². The highest BCUT2D eigenvalue weighted by atomic mass is 16.5. The summed E-state index contributed by atoms with van der Waals surface area (Å²) < 4.78 is 5.36. The molecule has 1 saturated heterocycles. The van der Waals surface area contributed by atoms with Gasteiger partial charge >= 0.3 is 5.97 Å². The molecule has 1 aliphatic heterocycles. The van der Waals surface area contributed by atoms with Crippen molar-refractivity contribution in [1.29, 1.82) is 0 Å². The van der Waals surface area contributed by atoms with Gasteiger partial charge in [-0.3, -0.25) is 0 Å². The Hall–Kier alpha value is -1.09. The molecule has 0 bridgehead atoms. The second kappa shape index (κ2) is 4.23. The average Bonchev–Trinajstić information content (AvgIpc) is 2.17. The summed E-state index contributed by atoms with van der Waals surface area (Å²) in [4.78, 5) is 10.6. The van der Waals surface area contributed by atoms with Crippen LogP contribution in [0.3, 0.4) is 0 Å². The van der Waals surface area contributed by atoms with Crippen molar-refractivity contribution in [3.05, 3.63) is 23.8 Å². The van der Waals surface area contributed by atoms with Crippen LogP contribution in [0.4, 0.5) is 0 Å². The molecule has 0 saturated carbocycles. The summed E-state index contributed by atoms with van der Waals surface area (Å²) in [5.41, 5.74) is 1.39. The minimum atomic E-state index is -0.964. The fourth-order valence-electron chi connectivity index (χ4n) is 1.32. The number of carboxylic acid groups (broad SMARTS) is 1. The van der Waals surface area contributed by atoms with Crippen molar-refractivity contribution in [1.82, 2.24) is 0 Å². The van der Waals surface area contributed by atoms with E-state index in [1.807, 2.05) is 13.0 Å². The van der Waals surface area contributed by atoms with Crippen LogP contribution < -0.4 is 0 Å². The lowest BCUT2D eigenvalue weighted by Gasteiger charge is -2.24. The molecule has 0 aromatic heterocycles. The molecule has 0 aromatic carbocycles. The number of hydrogen-bond acceptors (Lipinski definition) is 2. The van der Waals surface area contributed by atoms with Gasteiger partial charge in [-0.15, -0.1) is 0 Å². The molecule has 72 valence electrons. The molecule has 1 unspecified atom stereocenters. The molecule has 1 rings (SSSR count). The Kier molecular flexibility index (Phi) is 3.25. The maximum atomic E-state index is 10.6. The van der Waals surface area contributed by atoms with E-state index >= 15 is 0 Å². The molecule has 0 radical (unpaired) electrons. The summed E-state index contributed by atoms with van der Waals surface area (Å²) in [5.74, 6) is -0.964. The van der Waals surface area contributed by atoms with Gasteiger partial charge in [0.2, 0.25) is 0 Å². The molecule has 1 aliphatic rings. The summed E-state index contributed by atoms with van der Waals surface area (Å²) >= 11 is 0. The molecule has 0 spiro atoms. The fourth-order valence-corrected chi connectivity index (χ4v) is 1.32. The van der Waals surface area contributed by atoms with Crippen molar-refractivity contribution in [2.24, 2.45) is 0 Å². The topological polar surface area (TPSA) is 46.5 Å². The van der Waals surface area contributed by atoms with Gasteiger partial charge in [-0.25, -0.2) is 4.79 Å². The van der Waals surface area contributed by atoms with Crippen LogP contribution in [0.2, 0.25) is 0 Å². The highest BCUT2D eigenvalue weighted by Crippen LogP contribution is 2.22. The van der Waals surface area contributed by atoms with E-state index in [-0.39, 0.29) is 11.7 Å². The first kappa shape index (κ1) is 9.99. The van der Waals surface area contributed by atoms with Crippen LogP contribution in [0.25, 0.3) is 0 Å². The zero-order chi connectivity index (χ0) is 9.84. The van der Waals surface area contributed by atoms with Crippen LogP contribution in [0.5, 0.6) is 0 Å². The third-order valence-corrected chi connectivity index (χ3v) is 2.27. The summed E-state index contributed by atoms with van der Waals surface area (Å²) in [7, 11) is 0. The molecule has 1 fully saturated rings. The van der Waals surface area contributed by atoms with Crippen molar-refractivity contribution in [3.63, 3.8) is 0 Å². The minimum Gasteiger partial charge on any atom is -0.478 e. The van der Waals surface area contributed by atoms with Gasteiger partial charge in [0.1, 0.15) is 0 Å². The maximum Gasteiger partial charge on any atom is 0.333 e. The van der Waals surface area contributed by atoms with Gasteiger partial charge in [0.05, 0.1) is 18.3 Å². The van der Waals surface area contributed by atoms with Gasteiger partial charge in [-0.1, -0.05) is 12.7 Å². The normalized spacial score (nSPS) is 25.9. The Labute approximate surface area is 77.7 Å². The zero-order valence-electron chi connectivity index (χ0n) is 7.75. The van der Waals surface area contributed by atoms with Gasteiger partial charge in [0.25, 0.3) is 0 Å². The summed E-state index contributed by atoms with van der Waals surface area (Å²) in [6, 6.07) is 0. The number of allylic oxidation sites excluding steroid dienone is 1. The quantitative estimate of drug-likeness (QED) is 0.522. The second-order valence-electron chi connectivity index (χ2n) is 3.12. The number of ether oxygens (including phenoxy) is 1. The standard InChI is InChI=1S/C10H14O3/c1-3-8-4-5-9(13-6-8)7(2)10(11)12/h3,9H,2,4-6H2,1H3,(H,11,12)/b8-3-. The van der Waals surface area contributed by atoms with Crippen LogP contribution in [0, 0.1) is 0 Å². The lowest BCUT2D eigenvalue weighted by atomic mass is 9.99. The average molecular weight is 182 g/mol. The molecular weight excluding hydrogens is 168 g/mol. The van der Waals surface area contributed by atoms with E-state index in [4.69, 9.17) is 9.84 Å². The monoisotopic (exact) mass is 182 g/mol. The second-order valence-corrected chi connectivity index (χ2v) is 3.12. The first-order valence-electron chi connectivity index (χ1n) is 4.33. The fraction of sp³-hybridized carbons (Fsp3) is 0.500. The smallest absolute Gasteiger partial charge is 0.333 e.